The summed E-state index contributed by atoms with van der Waals surface area (Å²) >= 11 is 0. The second kappa shape index (κ2) is 9.38. The van der Waals surface area contributed by atoms with Crippen molar-refractivity contribution in [1.29, 1.82) is 0 Å². The Morgan fingerprint density at radius 3 is 2.03 bits per heavy atom. The lowest BCUT2D eigenvalue weighted by Gasteiger charge is -2.43. The molecule has 3 aliphatic rings. The Morgan fingerprint density at radius 2 is 1.50 bits per heavy atom. The fraction of sp³-hybridized carbons (Fsp3) is 0.737. The second-order valence-electron chi connectivity index (χ2n) is 7.43. The van der Waals surface area contributed by atoms with E-state index in [1.807, 2.05) is 0 Å². The van der Waals surface area contributed by atoms with Gasteiger partial charge in [-0.2, -0.15) is 0 Å². The molecule has 0 radical (unpaired) electrons. The summed E-state index contributed by atoms with van der Waals surface area (Å²) in [6.45, 7) is 4.25. The van der Waals surface area contributed by atoms with Gasteiger partial charge in [0, 0.05) is 34.1 Å². The minimum atomic E-state index is -1.42. The molecule has 0 aliphatic carbocycles. The molecule has 13 heteroatoms. The van der Waals surface area contributed by atoms with E-state index in [1.54, 1.807) is 0 Å². The SMILES string of the molecule is CC(=O)OC[C@H]1O[C@@H](O[C@@H]2O[C@]23CCOC3=O)[C@H](OC(C)=O)[C@@H](OC(C)=O)[C@@H]1OC(C)=O. The first-order valence-corrected chi connectivity index (χ1v) is 9.84. The third-order valence-electron chi connectivity index (χ3n) is 4.90. The molecule has 0 aromatic carbocycles. The lowest BCUT2D eigenvalue weighted by atomic mass is 9.98. The zero-order chi connectivity index (χ0) is 23.6. The number of cyclic esters (lactones) is 1. The highest BCUT2D eigenvalue weighted by molar-refractivity contribution is 5.84. The Bertz CT molecular complexity index is 794. The Morgan fingerprint density at radius 1 is 0.906 bits per heavy atom. The number of epoxide rings is 1. The van der Waals surface area contributed by atoms with Crippen LogP contribution >= 0.6 is 0 Å². The van der Waals surface area contributed by atoms with Crippen LogP contribution in [0, 0.1) is 0 Å². The van der Waals surface area contributed by atoms with Crippen LogP contribution in [0.1, 0.15) is 34.1 Å². The zero-order valence-electron chi connectivity index (χ0n) is 17.9. The monoisotopic (exact) mass is 460 g/mol. The van der Waals surface area contributed by atoms with Gasteiger partial charge in [-0.3, -0.25) is 19.2 Å². The molecule has 3 rings (SSSR count). The first-order chi connectivity index (χ1) is 15.0. The van der Waals surface area contributed by atoms with Crippen molar-refractivity contribution < 1.29 is 61.9 Å². The van der Waals surface area contributed by atoms with Crippen LogP contribution in [0.15, 0.2) is 0 Å². The van der Waals surface area contributed by atoms with Crippen LogP contribution in [0.3, 0.4) is 0 Å². The van der Waals surface area contributed by atoms with Crippen molar-refractivity contribution in [2.24, 2.45) is 0 Å². The van der Waals surface area contributed by atoms with Crippen LogP contribution in [-0.4, -0.2) is 85.7 Å². The summed E-state index contributed by atoms with van der Waals surface area (Å²) in [5.74, 6) is -3.53. The predicted octanol–water partition coefficient (Wildman–Crippen LogP) is -0.872. The number of hydrogen-bond acceptors (Lipinski definition) is 13. The summed E-state index contributed by atoms with van der Waals surface area (Å²) in [4.78, 5) is 58.5. The van der Waals surface area contributed by atoms with E-state index in [0.717, 1.165) is 27.7 Å². The molecule has 3 heterocycles. The van der Waals surface area contributed by atoms with Crippen molar-refractivity contribution in [2.75, 3.05) is 13.2 Å². The van der Waals surface area contributed by atoms with Gasteiger partial charge in [0.25, 0.3) is 0 Å². The van der Waals surface area contributed by atoms with Crippen molar-refractivity contribution in [1.82, 2.24) is 0 Å². The maximum absolute atomic E-state index is 12.0. The maximum atomic E-state index is 12.0. The molecule has 32 heavy (non-hydrogen) atoms. The van der Waals surface area contributed by atoms with Crippen LogP contribution < -0.4 is 0 Å². The van der Waals surface area contributed by atoms with Crippen LogP contribution in [0.2, 0.25) is 0 Å². The van der Waals surface area contributed by atoms with Crippen molar-refractivity contribution in [3.8, 4) is 0 Å². The summed E-state index contributed by atoms with van der Waals surface area (Å²) in [5, 5.41) is 0. The van der Waals surface area contributed by atoms with E-state index >= 15 is 0 Å². The largest absolute Gasteiger partial charge is 0.463 e. The van der Waals surface area contributed by atoms with Gasteiger partial charge in [-0.15, -0.1) is 0 Å². The smallest absolute Gasteiger partial charge is 0.344 e. The minimum absolute atomic E-state index is 0.150. The minimum Gasteiger partial charge on any atom is -0.463 e. The van der Waals surface area contributed by atoms with E-state index in [9.17, 15) is 24.0 Å². The third-order valence-corrected chi connectivity index (χ3v) is 4.90. The number of carbonyl (C=O) groups excluding carboxylic acids is 5. The van der Waals surface area contributed by atoms with Crippen molar-refractivity contribution in [2.45, 2.75) is 76.7 Å². The summed E-state index contributed by atoms with van der Waals surface area (Å²) < 4.78 is 42.6. The van der Waals surface area contributed by atoms with E-state index < -0.39 is 79.1 Å². The van der Waals surface area contributed by atoms with Crippen LogP contribution in [0.5, 0.6) is 0 Å². The quantitative estimate of drug-likeness (QED) is 0.262. The average Bonchev–Trinajstić information content (AvgIpc) is 3.24. The first kappa shape index (κ1) is 23.9. The van der Waals surface area contributed by atoms with Crippen molar-refractivity contribution in [3.63, 3.8) is 0 Å². The highest BCUT2D eigenvalue weighted by atomic mass is 16.9. The summed E-state index contributed by atoms with van der Waals surface area (Å²) in [5.41, 5.74) is -1.29. The van der Waals surface area contributed by atoms with Gasteiger partial charge in [-0.1, -0.05) is 0 Å². The van der Waals surface area contributed by atoms with Gasteiger partial charge in [0.15, 0.2) is 18.3 Å². The first-order valence-electron chi connectivity index (χ1n) is 9.84. The second-order valence-corrected chi connectivity index (χ2v) is 7.43. The molecular weight excluding hydrogens is 436 g/mol. The normalized spacial score (nSPS) is 35.6. The van der Waals surface area contributed by atoms with E-state index in [2.05, 4.69) is 0 Å². The third kappa shape index (κ3) is 5.16. The van der Waals surface area contributed by atoms with Crippen molar-refractivity contribution in [3.05, 3.63) is 0 Å². The topological polar surface area (TPSA) is 162 Å². The van der Waals surface area contributed by atoms with Gasteiger partial charge in [-0.25, -0.2) is 4.79 Å². The molecule has 7 atom stereocenters. The lowest BCUT2D eigenvalue weighted by molar-refractivity contribution is -0.316. The Labute approximate surface area is 182 Å². The van der Waals surface area contributed by atoms with E-state index in [0.29, 0.717) is 0 Å². The van der Waals surface area contributed by atoms with Gasteiger partial charge in [0.05, 0.1) is 6.61 Å². The van der Waals surface area contributed by atoms with E-state index in [-0.39, 0.29) is 13.0 Å². The van der Waals surface area contributed by atoms with Gasteiger partial charge < -0.3 is 37.9 Å². The molecular formula is C19H24O13. The number of carbonyl (C=O) groups is 5. The lowest BCUT2D eigenvalue weighted by Crippen LogP contribution is -2.63. The summed E-state index contributed by atoms with van der Waals surface area (Å²) in [6, 6.07) is 0. The molecule has 0 aromatic heterocycles. The van der Waals surface area contributed by atoms with Gasteiger partial charge in [0.1, 0.15) is 12.7 Å². The summed E-state index contributed by atoms with van der Waals surface area (Å²) in [6.07, 6.45) is -7.47. The molecule has 0 N–H and O–H groups in total. The Kier molecular flexibility index (Phi) is 7.00. The summed E-state index contributed by atoms with van der Waals surface area (Å²) in [7, 11) is 0. The zero-order valence-corrected chi connectivity index (χ0v) is 17.9. The van der Waals surface area contributed by atoms with Gasteiger partial charge in [-0.05, 0) is 0 Å². The number of rotatable bonds is 7. The molecule has 0 aromatic rings. The molecule has 0 amide bonds. The molecule has 0 bridgehead atoms. The molecule has 0 unspecified atom stereocenters. The van der Waals surface area contributed by atoms with E-state index in [4.69, 9.17) is 37.9 Å². The Balaban J connectivity index is 1.89. The van der Waals surface area contributed by atoms with Gasteiger partial charge in [0.2, 0.25) is 18.2 Å². The molecule has 1 spiro atoms. The van der Waals surface area contributed by atoms with E-state index in [1.165, 1.54) is 0 Å². The Hall–Kier alpha value is -2.77. The molecule has 178 valence electrons. The molecule has 3 aliphatic heterocycles. The highest BCUT2D eigenvalue weighted by Crippen LogP contribution is 2.46. The highest BCUT2D eigenvalue weighted by Gasteiger charge is 2.69. The average molecular weight is 460 g/mol. The fourth-order valence-electron chi connectivity index (χ4n) is 3.56. The maximum Gasteiger partial charge on any atom is 0.344 e. The van der Waals surface area contributed by atoms with Crippen LogP contribution in [-0.2, 0) is 61.9 Å². The molecule has 3 saturated heterocycles. The predicted molar refractivity (Wildman–Crippen MR) is 96.2 cm³/mol. The van der Waals surface area contributed by atoms with Crippen LogP contribution in [0.4, 0.5) is 0 Å². The molecule has 0 saturated carbocycles. The standard InChI is InChI=1S/C19H24O13/c1-8(20)26-7-12-13(27-9(2)21)14(28-10(3)22)15(29-11(4)23)16(30-12)31-18-19(32-18)5-6-25-17(19)24/h12-16,18H,5-7H2,1-4H3/t12-,13-,14+,15-,16+,18-,19+/m1/s1. The van der Waals surface area contributed by atoms with Crippen LogP contribution in [0.25, 0.3) is 0 Å². The fourth-order valence-corrected chi connectivity index (χ4v) is 3.56. The number of ether oxygens (including phenoxy) is 8. The number of esters is 5. The van der Waals surface area contributed by atoms with Gasteiger partial charge >= 0.3 is 29.8 Å². The van der Waals surface area contributed by atoms with Crippen molar-refractivity contribution >= 4 is 29.8 Å². The number of hydrogen-bond donors (Lipinski definition) is 0. The molecule has 3 fully saturated rings. The molecule has 13 nitrogen and oxygen atoms in total.